The predicted molar refractivity (Wildman–Crippen MR) is 158 cm³/mol. The van der Waals surface area contributed by atoms with Crippen LogP contribution in [0.15, 0.2) is 49.2 Å². The Morgan fingerprint density at radius 1 is 1.00 bits per heavy atom. The molecule has 1 aliphatic carbocycles. The number of ether oxygens (including phenoxy) is 1. The number of fused-ring (bicyclic) bond motifs is 1. The third-order valence-electron chi connectivity index (χ3n) is 7.79. The Morgan fingerprint density at radius 3 is 2.48 bits per heavy atom. The molecule has 0 atom stereocenters. The van der Waals surface area contributed by atoms with Gasteiger partial charge >= 0.3 is 10.2 Å². The average Bonchev–Trinajstić information content (AvgIpc) is 3.70. The summed E-state index contributed by atoms with van der Waals surface area (Å²) in [5, 5.41) is 4.67. The number of benzene rings is 1. The summed E-state index contributed by atoms with van der Waals surface area (Å²) in [4.78, 5) is 18.9. The van der Waals surface area contributed by atoms with Gasteiger partial charge in [-0.15, -0.1) is 0 Å². The standard InChI is InChI=1S/C29H35N9O3S/c1-20-32-28(38(34-20)17-22-10-12-24(41-4)13-11-22)26-27(25-18-36(19-31-25)42(39,40)35(2)3)37-16-23(15-30-29(37)33-26)14-21-8-6-5-7-9-21/h10-13,15-16,18-19,21H,5-9,14,17H2,1-4H3. The molecule has 0 N–H and O–H groups in total. The van der Waals surface area contributed by atoms with Crippen LogP contribution in [-0.2, 0) is 23.2 Å². The van der Waals surface area contributed by atoms with Crippen LogP contribution in [0.25, 0.3) is 28.7 Å². The van der Waals surface area contributed by atoms with Crippen molar-refractivity contribution in [1.82, 2.24) is 42.4 Å². The van der Waals surface area contributed by atoms with Crippen molar-refractivity contribution in [3.05, 3.63) is 66.1 Å². The monoisotopic (exact) mass is 589 g/mol. The van der Waals surface area contributed by atoms with E-state index < -0.39 is 10.2 Å². The van der Waals surface area contributed by atoms with Crippen molar-refractivity contribution in [2.45, 2.75) is 52.0 Å². The Kier molecular flexibility index (Phi) is 7.54. The molecule has 13 heteroatoms. The maximum atomic E-state index is 12.9. The van der Waals surface area contributed by atoms with Gasteiger partial charge in [0.25, 0.3) is 0 Å². The van der Waals surface area contributed by atoms with Crippen molar-refractivity contribution in [2.75, 3.05) is 21.2 Å². The number of hydrogen-bond acceptors (Lipinski definition) is 8. The summed E-state index contributed by atoms with van der Waals surface area (Å²) >= 11 is 0. The Labute approximate surface area is 245 Å². The van der Waals surface area contributed by atoms with Gasteiger partial charge in [-0.25, -0.2) is 28.6 Å². The van der Waals surface area contributed by atoms with Crippen molar-refractivity contribution in [3.63, 3.8) is 0 Å². The number of rotatable bonds is 9. The van der Waals surface area contributed by atoms with Crippen LogP contribution in [-0.4, -0.2) is 72.0 Å². The summed E-state index contributed by atoms with van der Waals surface area (Å²) in [5.41, 5.74) is 3.70. The molecule has 6 rings (SSSR count). The molecular weight excluding hydrogens is 554 g/mol. The third-order valence-corrected chi connectivity index (χ3v) is 9.45. The zero-order valence-electron chi connectivity index (χ0n) is 24.3. The first-order valence-corrected chi connectivity index (χ1v) is 15.5. The fourth-order valence-electron chi connectivity index (χ4n) is 5.59. The van der Waals surface area contributed by atoms with Crippen LogP contribution in [0.3, 0.4) is 0 Å². The molecule has 1 aliphatic rings. The first-order valence-electron chi connectivity index (χ1n) is 14.1. The highest BCUT2D eigenvalue weighted by Crippen LogP contribution is 2.33. The average molecular weight is 590 g/mol. The van der Waals surface area contributed by atoms with Gasteiger partial charge in [-0.05, 0) is 42.5 Å². The number of hydrogen-bond donors (Lipinski definition) is 0. The van der Waals surface area contributed by atoms with Gasteiger partial charge in [0, 0.05) is 26.5 Å². The molecule has 1 fully saturated rings. The molecule has 12 nitrogen and oxygen atoms in total. The van der Waals surface area contributed by atoms with E-state index >= 15 is 0 Å². The Morgan fingerprint density at radius 2 is 1.76 bits per heavy atom. The van der Waals surface area contributed by atoms with Gasteiger partial charge in [0.05, 0.1) is 19.9 Å². The van der Waals surface area contributed by atoms with Gasteiger partial charge in [0.2, 0.25) is 5.78 Å². The second kappa shape index (κ2) is 11.3. The number of imidazole rings is 2. The summed E-state index contributed by atoms with van der Waals surface area (Å²) in [6.07, 6.45) is 14.0. The van der Waals surface area contributed by atoms with Crippen LogP contribution in [0.2, 0.25) is 0 Å². The first kappa shape index (κ1) is 28.0. The third kappa shape index (κ3) is 5.41. The van der Waals surface area contributed by atoms with Gasteiger partial charge in [-0.3, -0.25) is 4.40 Å². The second-order valence-electron chi connectivity index (χ2n) is 11.0. The molecule has 4 aromatic heterocycles. The SMILES string of the molecule is COc1ccc(Cn2nc(C)nc2-c2nc3ncc(CC4CCCCC4)cn3c2-c2cn(S(=O)(=O)N(C)C)cn2)cc1. The van der Waals surface area contributed by atoms with Gasteiger partial charge in [-0.2, -0.15) is 17.8 Å². The van der Waals surface area contributed by atoms with E-state index in [-0.39, 0.29) is 0 Å². The van der Waals surface area contributed by atoms with Gasteiger partial charge in [0.15, 0.2) is 5.82 Å². The van der Waals surface area contributed by atoms with Crippen molar-refractivity contribution >= 4 is 16.0 Å². The van der Waals surface area contributed by atoms with Crippen LogP contribution >= 0.6 is 0 Å². The quantitative estimate of drug-likeness (QED) is 0.253. The zero-order valence-corrected chi connectivity index (χ0v) is 25.1. The summed E-state index contributed by atoms with van der Waals surface area (Å²) in [7, 11) is 0.854. The van der Waals surface area contributed by atoms with E-state index in [0.29, 0.717) is 47.0 Å². The largest absolute Gasteiger partial charge is 0.497 e. The topological polar surface area (TPSA) is 125 Å². The summed E-state index contributed by atoms with van der Waals surface area (Å²) in [6.45, 7) is 2.29. The zero-order chi connectivity index (χ0) is 29.4. The number of methoxy groups -OCH3 is 1. The van der Waals surface area contributed by atoms with Crippen LogP contribution in [0.5, 0.6) is 5.75 Å². The molecule has 0 bridgehead atoms. The van der Waals surface area contributed by atoms with E-state index in [4.69, 9.17) is 19.7 Å². The molecule has 5 aromatic rings. The van der Waals surface area contributed by atoms with Crippen LogP contribution in [0.1, 0.15) is 49.1 Å². The van der Waals surface area contributed by atoms with E-state index in [1.54, 1.807) is 11.8 Å². The number of aryl methyl sites for hydroxylation is 1. The van der Waals surface area contributed by atoms with Gasteiger partial charge in [-0.1, -0.05) is 44.2 Å². The lowest BCUT2D eigenvalue weighted by atomic mass is 9.85. The smallest absolute Gasteiger partial charge is 0.308 e. The van der Waals surface area contributed by atoms with E-state index in [1.807, 2.05) is 41.8 Å². The minimum Gasteiger partial charge on any atom is -0.497 e. The Bertz CT molecular complexity index is 1810. The predicted octanol–water partition coefficient (Wildman–Crippen LogP) is 3.99. The molecule has 0 saturated heterocycles. The lowest BCUT2D eigenvalue weighted by molar-refractivity contribution is 0.356. The lowest BCUT2D eigenvalue weighted by Crippen LogP contribution is -2.27. The highest BCUT2D eigenvalue weighted by molar-refractivity contribution is 7.87. The van der Waals surface area contributed by atoms with Crippen LogP contribution < -0.4 is 4.74 Å². The van der Waals surface area contributed by atoms with Crippen LogP contribution in [0, 0.1) is 12.8 Å². The molecule has 0 spiro atoms. The molecule has 42 heavy (non-hydrogen) atoms. The van der Waals surface area contributed by atoms with Gasteiger partial charge in [0.1, 0.15) is 35.0 Å². The Hall–Kier alpha value is -4.10. The van der Waals surface area contributed by atoms with Crippen molar-refractivity contribution < 1.29 is 13.2 Å². The molecule has 0 amide bonds. The second-order valence-corrected chi connectivity index (χ2v) is 13.1. The van der Waals surface area contributed by atoms with Crippen molar-refractivity contribution in [2.24, 2.45) is 5.92 Å². The normalized spacial score (nSPS) is 14.7. The lowest BCUT2D eigenvalue weighted by Gasteiger charge is -2.21. The van der Waals surface area contributed by atoms with E-state index in [0.717, 1.165) is 31.6 Å². The maximum absolute atomic E-state index is 12.9. The minimum atomic E-state index is -3.76. The first-order chi connectivity index (χ1) is 20.2. The van der Waals surface area contributed by atoms with Crippen LogP contribution in [0.4, 0.5) is 0 Å². The highest BCUT2D eigenvalue weighted by atomic mass is 32.2. The van der Waals surface area contributed by atoms with Crippen molar-refractivity contribution in [1.29, 1.82) is 0 Å². The molecule has 220 valence electrons. The van der Waals surface area contributed by atoms with Crippen molar-refractivity contribution in [3.8, 4) is 28.7 Å². The van der Waals surface area contributed by atoms with Gasteiger partial charge < -0.3 is 4.74 Å². The minimum absolute atomic E-state index is 0.441. The highest BCUT2D eigenvalue weighted by Gasteiger charge is 2.26. The number of aromatic nitrogens is 8. The number of nitrogens with zero attached hydrogens (tertiary/aromatic N) is 9. The van der Waals surface area contributed by atoms with E-state index in [9.17, 15) is 8.42 Å². The summed E-state index contributed by atoms with van der Waals surface area (Å²) in [5.74, 6) is 3.02. The molecular formula is C29H35N9O3S. The molecule has 0 radical (unpaired) electrons. The molecule has 4 heterocycles. The summed E-state index contributed by atoms with van der Waals surface area (Å²) in [6, 6.07) is 7.78. The fourth-order valence-corrected chi connectivity index (χ4v) is 6.37. The molecule has 0 unspecified atom stereocenters. The molecule has 1 saturated carbocycles. The summed E-state index contributed by atoms with van der Waals surface area (Å²) < 4.78 is 37.1. The molecule has 1 aromatic carbocycles. The molecule has 0 aliphatic heterocycles. The van der Waals surface area contributed by atoms with E-state index in [2.05, 4.69) is 16.3 Å². The Balaban J connectivity index is 1.48. The maximum Gasteiger partial charge on any atom is 0.308 e. The fraction of sp³-hybridized carbons (Fsp3) is 0.414. The van der Waals surface area contributed by atoms with E-state index in [1.165, 1.54) is 58.7 Å².